The fourth-order valence-electron chi connectivity index (χ4n) is 4.26. The van der Waals surface area contributed by atoms with Gasteiger partial charge in [0.05, 0.1) is 5.52 Å². The monoisotopic (exact) mass is 493 g/mol. The topological polar surface area (TPSA) is 88.1 Å². The Morgan fingerprint density at radius 3 is 2.62 bits per heavy atom. The van der Waals surface area contributed by atoms with Crippen molar-refractivity contribution in [2.24, 2.45) is 5.92 Å². The van der Waals surface area contributed by atoms with Crippen LogP contribution in [0.25, 0.3) is 10.9 Å². The van der Waals surface area contributed by atoms with Gasteiger partial charge in [0.1, 0.15) is 10.7 Å². The summed E-state index contributed by atoms with van der Waals surface area (Å²) in [6.45, 7) is 4.20. The van der Waals surface area contributed by atoms with E-state index in [1.54, 1.807) is 18.3 Å². The van der Waals surface area contributed by atoms with E-state index in [-0.39, 0.29) is 10.8 Å². The zero-order valence-electron chi connectivity index (χ0n) is 19.0. The molecule has 176 valence electrons. The molecule has 0 radical (unpaired) electrons. The quantitative estimate of drug-likeness (QED) is 0.416. The van der Waals surface area contributed by atoms with E-state index in [2.05, 4.69) is 50.2 Å². The Balaban J connectivity index is 1.16. The molecule has 0 aliphatic carbocycles. The van der Waals surface area contributed by atoms with Crippen LogP contribution in [0, 0.1) is 12.8 Å². The van der Waals surface area contributed by atoms with Crippen LogP contribution in [0.2, 0.25) is 0 Å². The number of fused-ring (bicyclic) bond motifs is 1. The number of anilines is 1. The van der Waals surface area contributed by atoms with Crippen LogP contribution in [-0.2, 0) is 16.4 Å². The Bertz CT molecular complexity index is 1370. The van der Waals surface area contributed by atoms with Crippen LogP contribution in [0.3, 0.4) is 0 Å². The number of piperidine rings is 1. The molecule has 1 saturated heterocycles. The van der Waals surface area contributed by atoms with Gasteiger partial charge in [-0.05, 0) is 43.4 Å². The first-order chi connectivity index (χ1) is 16.5. The third-order valence-corrected chi connectivity index (χ3v) is 8.54. The molecule has 3 heterocycles. The summed E-state index contributed by atoms with van der Waals surface area (Å²) in [5.74, 6) is 1.14. The SMILES string of the molecule is Cc1ccc(Cc2nsc(N3CCC(CNS(=O)(=O)c4cccc5cccnc45)CC3)n2)cc1. The first-order valence-corrected chi connectivity index (χ1v) is 13.7. The molecule has 4 aromatic rings. The number of para-hydroxylation sites is 1. The molecule has 0 atom stereocenters. The smallest absolute Gasteiger partial charge is 0.242 e. The second-order valence-corrected chi connectivity index (χ2v) is 11.2. The second kappa shape index (κ2) is 9.77. The van der Waals surface area contributed by atoms with Crippen molar-refractivity contribution < 1.29 is 8.42 Å². The number of rotatable bonds is 7. The molecule has 7 nitrogen and oxygen atoms in total. The highest BCUT2D eigenvalue weighted by atomic mass is 32.2. The van der Waals surface area contributed by atoms with E-state index in [1.165, 1.54) is 22.7 Å². The average Bonchev–Trinajstić information content (AvgIpc) is 3.33. The van der Waals surface area contributed by atoms with Crippen molar-refractivity contribution in [3.8, 4) is 0 Å². The Hall–Kier alpha value is -2.88. The van der Waals surface area contributed by atoms with E-state index >= 15 is 0 Å². The molecule has 1 aliphatic rings. The maximum atomic E-state index is 13.0. The lowest BCUT2D eigenvalue weighted by Crippen LogP contribution is -2.38. The Morgan fingerprint density at radius 2 is 1.82 bits per heavy atom. The normalized spacial score (nSPS) is 15.1. The van der Waals surface area contributed by atoms with Crippen molar-refractivity contribution >= 4 is 37.6 Å². The molecular formula is C25H27N5O2S2. The number of aromatic nitrogens is 3. The van der Waals surface area contributed by atoms with Crippen molar-refractivity contribution in [1.82, 2.24) is 19.1 Å². The molecule has 2 aromatic carbocycles. The van der Waals surface area contributed by atoms with Crippen LogP contribution in [0.15, 0.2) is 65.7 Å². The predicted molar refractivity (Wildman–Crippen MR) is 136 cm³/mol. The van der Waals surface area contributed by atoms with Gasteiger partial charge in [0.25, 0.3) is 0 Å². The van der Waals surface area contributed by atoms with Gasteiger partial charge in [0, 0.05) is 49.2 Å². The first kappa shape index (κ1) is 22.9. The summed E-state index contributed by atoms with van der Waals surface area (Å²) >= 11 is 1.44. The summed E-state index contributed by atoms with van der Waals surface area (Å²) in [5, 5.41) is 1.76. The summed E-state index contributed by atoms with van der Waals surface area (Å²) in [5.41, 5.74) is 2.96. The van der Waals surface area contributed by atoms with Gasteiger partial charge in [-0.1, -0.05) is 48.0 Å². The lowest BCUT2D eigenvalue weighted by molar-refractivity contribution is 0.401. The Kier molecular flexibility index (Phi) is 6.58. The summed E-state index contributed by atoms with van der Waals surface area (Å²) < 4.78 is 33.3. The number of sulfonamides is 1. The van der Waals surface area contributed by atoms with Crippen molar-refractivity contribution in [3.05, 3.63) is 77.7 Å². The van der Waals surface area contributed by atoms with Gasteiger partial charge < -0.3 is 4.90 Å². The minimum atomic E-state index is -3.63. The summed E-state index contributed by atoms with van der Waals surface area (Å²) in [6, 6.07) is 17.4. The number of aryl methyl sites for hydroxylation is 1. The molecule has 0 amide bonds. The van der Waals surface area contributed by atoms with Crippen LogP contribution in [0.4, 0.5) is 5.13 Å². The van der Waals surface area contributed by atoms with Gasteiger partial charge >= 0.3 is 0 Å². The number of hydrogen-bond acceptors (Lipinski definition) is 7. The molecule has 2 aromatic heterocycles. The Morgan fingerprint density at radius 1 is 1.06 bits per heavy atom. The molecule has 9 heteroatoms. The van der Waals surface area contributed by atoms with Crippen molar-refractivity contribution in [2.45, 2.75) is 31.1 Å². The largest absolute Gasteiger partial charge is 0.347 e. The highest BCUT2D eigenvalue weighted by Gasteiger charge is 2.25. The van der Waals surface area contributed by atoms with Gasteiger partial charge in [-0.15, -0.1) is 0 Å². The van der Waals surface area contributed by atoms with E-state index in [4.69, 9.17) is 4.98 Å². The lowest BCUT2D eigenvalue weighted by atomic mass is 9.97. The van der Waals surface area contributed by atoms with Crippen LogP contribution in [0.1, 0.15) is 29.8 Å². The lowest BCUT2D eigenvalue weighted by Gasteiger charge is -2.31. The average molecular weight is 494 g/mol. The summed E-state index contributed by atoms with van der Waals surface area (Å²) in [7, 11) is -3.63. The van der Waals surface area contributed by atoms with Crippen molar-refractivity contribution in [2.75, 3.05) is 24.5 Å². The molecule has 0 spiro atoms. The molecule has 1 N–H and O–H groups in total. The second-order valence-electron chi connectivity index (χ2n) is 8.77. The molecule has 0 bridgehead atoms. The van der Waals surface area contributed by atoms with E-state index in [0.717, 1.165) is 48.7 Å². The minimum Gasteiger partial charge on any atom is -0.347 e. The van der Waals surface area contributed by atoms with Crippen LogP contribution in [0.5, 0.6) is 0 Å². The van der Waals surface area contributed by atoms with Gasteiger partial charge in [-0.2, -0.15) is 4.37 Å². The zero-order valence-corrected chi connectivity index (χ0v) is 20.6. The predicted octanol–water partition coefficient (Wildman–Crippen LogP) is 4.18. The number of benzene rings is 2. The standard InChI is InChI=1S/C25H27N5O2S2/c1-18-7-9-19(10-8-18)16-23-28-25(33-29-23)30-14-11-20(12-15-30)17-27-34(31,32)22-6-2-4-21-5-3-13-26-24(21)22/h2-10,13,20,27H,11-12,14-17H2,1H3. The first-order valence-electron chi connectivity index (χ1n) is 11.4. The molecular weight excluding hydrogens is 466 g/mol. The van der Waals surface area contributed by atoms with Gasteiger partial charge in [0.15, 0.2) is 0 Å². The number of hydrogen-bond donors (Lipinski definition) is 1. The van der Waals surface area contributed by atoms with Crippen molar-refractivity contribution in [3.63, 3.8) is 0 Å². The molecule has 1 fully saturated rings. The molecule has 5 rings (SSSR count). The highest BCUT2D eigenvalue weighted by molar-refractivity contribution is 7.89. The van der Waals surface area contributed by atoms with Crippen LogP contribution >= 0.6 is 11.5 Å². The summed E-state index contributed by atoms with van der Waals surface area (Å²) in [6.07, 6.45) is 4.17. The third-order valence-electron chi connectivity index (χ3n) is 6.27. The molecule has 1 aliphatic heterocycles. The maximum absolute atomic E-state index is 13.0. The van der Waals surface area contributed by atoms with E-state index in [9.17, 15) is 8.42 Å². The van der Waals surface area contributed by atoms with Gasteiger partial charge in [0.2, 0.25) is 15.2 Å². The fourth-order valence-corrected chi connectivity index (χ4v) is 6.29. The highest BCUT2D eigenvalue weighted by Crippen LogP contribution is 2.26. The van der Waals surface area contributed by atoms with E-state index in [0.29, 0.717) is 12.1 Å². The zero-order chi connectivity index (χ0) is 23.5. The van der Waals surface area contributed by atoms with E-state index < -0.39 is 10.0 Å². The van der Waals surface area contributed by atoms with Crippen molar-refractivity contribution in [1.29, 1.82) is 0 Å². The van der Waals surface area contributed by atoms with Crippen LogP contribution < -0.4 is 9.62 Å². The fraction of sp³-hybridized carbons (Fsp3) is 0.320. The van der Waals surface area contributed by atoms with Gasteiger partial charge in [-0.3, -0.25) is 4.98 Å². The molecule has 0 saturated carbocycles. The molecule has 34 heavy (non-hydrogen) atoms. The number of pyridine rings is 1. The number of nitrogens with one attached hydrogen (secondary N) is 1. The summed E-state index contributed by atoms with van der Waals surface area (Å²) in [4.78, 5) is 11.5. The third kappa shape index (κ3) is 5.11. The van der Waals surface area contributed by atoms with Crippen LogP contribution in [-0.4, -0.2) is 42.4 Å². The molecule has 0 unspecified atom stereocenters. The minimum absolute atomic E-state index is 0.234. The Labute approximate surface area is 204 Å². The van der Waals surface area contributed by atoms with Gasteiger partial charge in [-0.25, -0.2) is 18.1 Å². The maximum Gasteiger partial charge on any atom is 0.242 e. The van der Waals surface area contributed by atoms with E-state index in [1.807, 2.05) is 18.2 Å². The number of nitrogens with zero attached hydrogens (tertiary/aromatic N) is 4.